The van der Waals surface area contributed by atoms with E-state index in [9.17, 15) is 19.5 Å². The standard InChI is InChI=1S/C22H17ClN4O4/c1-12-5-3-7-15(9-12)26-20(29)18(19(28)24-22(26)31)11-17-13(2)25-27(21(17)30)16-8-4-6-14(23)10-16/h3-11,29H,1-2H3,(H,24,28,31)/b17-11+. The molecule has 2 aromatic carbocycles. The van der Waals surface area contributed by atoms with E-state index in [1.807, 2.05) is 13.0 Å². The van der Waals surface area contributed by atoms with Gasteiger partial charge in [0, 0.05) is 5.02 Å². The molecule has 2 N–H and O–H groups in total. The Morgan fingerprint density at radius 2 is 1.74 bits per heavy atom. The maximum Gasteiger partial charge on any atom is 0.335 e. The van der Waals surface area contributed by atoms with Crippen molar-refractivity contribution in [3.63, 3.8) is 0 Å². The average molecular weight is 437 g/mol. The SMILES string of the molecule is CC1=NN(c2cccc(Cl)c2)C(=O)/C1=C/c1c(O)n(-c2cccc(C)c2)c(=O)[nH]c1=O. The molecule has 0 spiro atoms. The van der Waals surface area contributed by atoms with Crippen molar-refractivity contribution in [3.05, 3.63) is 91.1 Å². The van der Waals surface area contributed by atoms with Crippen LogP contribution in [0.25, 0.3) is 11.8 Å². The number of hydrazone groups is 1. The lowest BCUT2D eigenvalue weighted by molar-refractivity contribution is -0.114. The summed E-state index contributed by atoms with van der Waals surface area (Å²) in [6, 6.07) is 13.5. The number of anilines is 1. The lowest BCUT2D eigenvalue weighted by Crippen LogP contribution is -2.30. The Bertz CT molecular complexity index is 1400. The van der Waals surface area contributed by atoms with Crippen LogP contribution in [0.2, 0.25) is 5.02 Å². The second-order valence-corrected chi connectivity index (χ2v) is 7.45. The van der Waals surface area contributed by atoms with E-state index in [0.29, 0.717) is 22.1 Å². The van der Waals surface area contributed by atoms with Gasteiger partial charge in [-0.15, -0.1) is 0 Å². The van der Waals surface area contributed by atoms with Crippen LogP contribution in [0.5, 0.6) is 5.88 Å². The zero-order valence-electron chi connectivity index (χ0n) is 16.6. The number of aromatic amines is 1. The number of amides is 1. The maximum absolute atomic E-state index is 13.0. The second-order valence-electron chi connectivity index (χ2n) is 7.01. The minimum atomic E-state index is -0.819. The molecule has 4 rings (SSSR count). The van der Waals surface area contributed by atoms with Gasteiger partial charge in [0.05, 0.1) is 22.7 Å². The number of aromatic nitrogens is 2. The number of hydrogen-bond donors (Lipinski definition) is 2. The van der Waals surface area contributed by atoms with Gasteiger partial charge in [-0.25, -0.2) is 9.36 Å². The number of H-pyrrole nitrogens is 1. The second kappa shape index (κ2) is 7.73. The number of carbonyl (C=O) groups excluding carboxylic acids is 1. The van der Waals surface area contributed by atoms with Gasteiger partial charge in [0.25, 0.3) is 11.5 Å². The summed E-state index contributed by atoms with van der Waals surface area (Å²) in [7, 11) is 0. The third-order valence-electron chi connectivity index (χ3n) is 4.78. The molecule has 1 amide bonds. The van der Waals surface area contributed by atoms with Gasteiger partial charge in [-0.1, -0.05) is 29.8 Å². The van der Waals surface area contributed by atoms with E-state index < -0.39 is 23.0 Å². The van der Waals surface area contributed by atoms with Crippen LogP contribution in [0.3, 0.4) is 0 Å². The summed E-state index contributed by atoms with van der Waals surface area (Å²) in [6.45, 7) is 3.44. The van der Waals surface area contributed by atoms with Crippen molar-refractivity contribution >= 4 is 35.0 Å². The molecule has 8 nitrogen and oxygen atoms in total. The van der Waals surface area contributed by atoms with Crippen LogP contribution < -0.4 is 16.3 Å². The number of hydrogen-bond acceptors (Lipinski definition) is 5. The number of aryl methyl sites for hydroxylation is 1. The topological polar surface area (TPSA) is 108 Å². The van der Waals surface area contributed by atoms with Crippen molar-refractivity contribution in [1.82, 2.24) is 9.55 Å². The van der Waals surface area contributed by atoms with E-state index in [1.54, 1.807) is 49.4 Å². The fourth-order valence-electron chi connectivity index (χ4n) is 3.29. The fourth-order valence-corrected chi connectivity index (χ4v) is 3.47. The number of nitrogens with one attached hydrogen (secondary N) is 1. The number of halogens is 1. The van der Waals surface area contributed by atoms with Crippen LogP contribution in [-0.2, 0) is 4.79 Å². The largest absolute Gasteiger partial charge is 0.494 e. The fraction of sp³-hybridized carbons (Fsp3) is 0.0909. The van der Waals surface area contributed by atoms with Crippen LogP contribution in [-0.4, -0.2) is 26.3 Å². The average Bonchev–Trinajstić information content (AvgIpc) is 2.99. The first kappa shape index (κ1) is 20.4. The molecule has 3 aromatic rings. The van der Waals surface area contributed by atoms with Crippen LogP contribution >= 0.6 is 11.6 Å². The van der Waals surface area contributed by atoms with Gasteiger partial charge in [0.1, 0.15) is 5.56 Å². The summed E-state index contributed by atoms with van der Waals surface area (Å²) in [5.74, 6) is -1.07. The monoisotopic (exact) mass is 436 g/mol. The molecule has 31 heavy (non-hydrogen) atoms. The molecule has 1 aliphatic rings. The molecule has 2 heterocycles. The molecule has 0 unspecified atom stereocenters. The van der Waals surface area contributed by atoms with Crippen LogP contribution in [0.15, 0.2) is 68.8 Å². The zero-order valence-corrected chi connectivity index (χ0v) is 17.3. The highest BCUT2D eigenvalue weighted by Gasteiger charge is 2.30. The van der Waals surface area contributed by atoms with E-state index in [-0.39, 0.29) is 11.1 Å². The van der Waals surface area contributed by atoms with Crippen molar-refractivity contribution in [2.24, 2.45) is 5.10 Å². The van der Waals surface area contributed by atoms with Gasteiger partial charge in [-0.3, -0.25) is 14.6 Å². The van der Waals surface area contributed by atoms with Crippen molar-refractivity contribution in [3.8, 4) is 11.6 Å². The van der Waals surface area contributed by atoms with Gasteiger partial charge in [0.2, 0.25) is 5.88 Å². The molecular formula is C22H17ClN4O4. The van der Waals surface area contributed by atoms with Crippen molar-refractivity contribution < 1.29 is 9.90 Å². The maximum atomic E-state index is 13.0. The van der Waals surface area contributed by atoms with Gasteiger partial charge >= 0.3 is 5.69 Å². The van der Waals surface area contributed by atoms with E-state index >= 15 is 0 Å². The van der Waals surface area contributed by atoms with E-state index in [4.69, 9.17) is 11.6 Å². The minimum Gasteiger partial charge on any atom is -0.494 e. The normalized spacial score (nSPS) is 14.9. The summed E-state index contributed by atoms with van der Waals surface area (Å²) in [5.41, 5.74) is 0.310. The first-order chi connectivity index (χ1) is 14.8. The quantitative estimate of drug-likeness (QED) is 0.615. The molecule has 1 aromatic heterocycles. The van der Waals surface area contributed by atoms with Crippen molar-refractivity contribution in [1.29, 1.82) is 0 Å². The highest BCUT2D eigenvalue weighted by Crippen LogP contribution is 2.28. The van der Waals surface area contributed by atoms with Crippen molar-refractivity contribution in [2.75, 3.05) is 5.01 Å². The first-order valence-electron chi connectivity index (χ1n) is 9.29. The van der Waals surface area contributed by atoms with Crippen molar-refractivity contribution in [2.45, 2.75) is 13.8 Å². The van der Waals surface area contributed by atoms with Gasteiger partial charge in [-0.2, -0.15) is 10.1 Å². The summed E-state index contributed by atoms with van der Waals surface area (Å²) in [5, 5.41) is 16.6. The number of nitrogens with zero attached hydrogens (tertiary/aromatic N) is 3. The van der Waals surface area contributed by atoms with Gasteiger partial charge < -0.3 is 5.11 Å². The minimum absolute atomic E-state index is 0.107. The third-order valence-corrected chi connectivity index (χ3v) is 5.02. The molecule has 156 valence electrons. The van der Waals surface area contributed by atoms with Gasteiger partial charge in [-0.05, 0) is 55.8 Å². The third kappa shape index (κ3) is 3.69. The molecule has 0 fully saturated rings. The Labute approximate surface area is 181 Å². The summed E-state index contributed by atoms with van der Waals surface area (Å²) >= 11 is 6.00. The number of carbonyl (C=O) groups is 1. The first-order valence-corrected chi connectivity index (χ1v) is 9.66. The Balaban J connectivity index is 1.83. The zero-order chi connectivity index (χ0) is 22.3. The summed E-state index contributed by atoms with van der Waals surface area (Å²) in [4.78, 5) is 40.0. The number of benzene rings is 2. The lowest BCUT2D eigenvalue weighted by Gasteiger charge is -2.12. The summed E-state index contributed by atoms with van der Waals surface area (Å²) < 4.78 is 0.974. The molecule has 0 saturated heterocycles. The smallest absolute Gasteiger partial charge is 0.335 e. The van der Waals surface area contributed by atoms with Crippen LogP contribution in [0, 0.1) is 6.92 Å². The van der Waals surface area contributed by atoms with Crippen LogP contribution in [0.1, 0.15) is 18.1 Å². The highest BCUT2D eigenvalue weighted by molar-refractivity contribution is 6.33. The molecule has 0 aliphatic carbocycles. The Kier molecular flexibility index (Phi) is 5.08. The molecule has 9 heteroatoms. The molecule has 0 radical (unpaired) electrons. The lowest BCUT2D eigenvalue weighted by atomic mass is 10.1. The van der Waals surface area contributed by atoms with Gasteiger partial charge in [0.15, 0.2) is 0 Å². The molecule has 0 saturated carbocycles. The Morgan fingerprint density at radius 3 is 2.45 bits per heavy atom. The molecule has 1 aliphatic heterocycles. The van der Waals surface area contributed by atoms with E-state index in [1.165, 1.54) is 6.08 Å². The molecule has 0 atom stereocenters. The highest BCUT2D eigenvalue weighted by atomic mass is 35.5. The Morgan fingerprint density at radius 1 is 1.03 bits per heavy atom. The summed E-state index contributed by atoms with van der Waals surface area (Å²) in [6.07, 6.45) is 1.23. The predicted octanol–water partition coefficient (Wildman–Crippen LogP) is 3.00. The molecule has 0 bridgehead atoms. The van der Waals surface area contributed by atoms with Crippen LogP contribution in [0.4, 0.5) is 5.69 Å². The number of rotatable bonds is 3. The van der Waals surface area contributed by atoms with E-state index in [2.05, 4.69) is 10.1 Å². The molecular weight excluding hydrogens is 420 g/mol. The Hall–Kier alpha value is -3.91. The predicted molar refractivity (Wildman–Crippen MR) is 119 cm³/mol. The number of aromatic hydroxyl groups is 1. The van der Waals surface area contributed by atoms with E-state index in [0.717, 1.165) is 15.1 Å².